The van der Waals surface area contributed by atoms with Crippen molar-refractivity contribution in [3.8, 4) is 0 Å². The van der Waals surface area contributed by atoms with Gasteiger partial charge in [0, 0.05) is 10.8 Å². The highest BCUT2D eigenvalue weighted by atomic mass is 32.1. The third-order valence-corrected chi connectivity index (χ3v) is 2.80. The van der Waals surface area contributed by atoms with Crippen molar-refractivity contribution in [2.75, 3.05) is 5.32 Å². The molecule has 2 aromatic heterocycles. The minimum Gasteiger partial charge on any atom is -0.295 e. The molecule has 0 unspecified atom stereocenters. The SMILES string of the molecule is CC(C)(C)c1csc(NC(=O)c2nn[nH]n2)n1. The second-order valence-electron chi connectivity index (χ2n) is 4.48. The van der Waals surface area contributed by atoms with E-state index in [0.29, 0.717) is 5.13 Å². The minimum absolute atomic E-state index is 0.00231. The van der Waals surface area contributed by atoms with E-state index in [1.807, 2.05) is 5.38 Å². The quantitative estimate of drug-likeness (QED) is 0.837. The van der Waals surface area contributed by atoms with Gasteiger partial charge in [0.2, 0.25) is 0 Å². The zero-order chi connectivity index (χ0) is 12.5. The molecular weight excluding hydrogens is 240 g/mol. The molecular formula is C9H12N6OS. The van der Waals surface area contributed by atoms with E-state index in [2.05, 4.69) is 51.7 Å². The van der Waals surface area contributed by atoms with E-state index < -0.39 is 5.91 Å². The number of nitrogens with one attached hydrogen (secondary N) is 2. The molecule has 0 saturated heterocycles. The van der Waals surface area contributed by atoms with E-state index in [1.54, 1.807) is 0 Å². The van der Waals surface area contributed by atoms with Crippen molar-refractivity contribution >= 4 is 22.4 Å². The van der Waals surface area contributed by atoms with Gasteiger partial charge in [-0.1, -0.05) is 20.8 Å². The van der Waals surface area contributed by atoms with Gasteiger partial charge in [-0.25, -0.2) is 4.98 Å². The zero-order valence-electron chi connectivity index (χ0n) is 9.68. The third-order valence-electron chi connectivity index (χ3n) is 2.04. The molecule has 0 aliphatic carbocycles. The van der Waals surface area contributed by atoms with Gasteiger partial charge < -0.3 is 0 Å². The number of carbonyl (C=O) groups excluding carboxylic acids is 1. The second-order valence-corrected chi connectivity index (χ2v) is 5.34. The van der Waals surface area contributed by atoms with Gasteiger partial charge in [-0.3, -0.25) is 10.1 Å². The maximum atomic E-state index is 11.6. The van der Waals surface area contributed by atoms with Crippen molar-refractivity contribution in [1.82, 2.24) is 25.6 Å². The predicted octanol–water partition coefficient (Wildman–Crippen LogP) is 1.21. The first-order chi connectivity index (χ1) is 7.97. The molecule has 2 heterocycles. The number of amides is 1. The molecule has 0 fully saturated rings. The summed E-state index contributed by atoms with van der Waals surface area (Å²) < 4.78 is 0. The molecule has 0 saturated carbocycles. The van der Waals surface area contributed by atoms with E-state index >= 15 is 0 Å². The molecule has 0 atom stereocenters. The average molecular weight is 252 g/mol. The van der Waals surface area contributed by atoms with Gasteiger partial charge in [0.1, 0.15) is 0 Å². The summed E-state index contributed by atoms with van der Waals surface area (Å²) in [6.07, 6.45) is 0. The third kappa shape index (κ3) is 2.64. The molecule has 0 aliphatic rings. The van der Waals surface area contributed by atoms with Crippen LogP contribution in [-0.4, -0.2) is 31.5 Å². The summed E-state index contributed by atoms with van der Waals surface area (Å²) in [4.78, 5) is 15.9. The van der Waals surface area contributed by atoms with Gasteiger partial charge in [-0.05, 0) is 5.21 Å². The van der Waals surface area contributed by atoms with E-state index in [9.17, 15) is 4.79 Å². The van der Waals surface area contributed by atoms with Gasteiger partial charge in [-0.15, -0.1) is 21.5 Å². The van der Waals surface area contributed by atoms with Crippen LogP contribution in [0.2, 0.25) is 0 Å². The molecule has 7 nitrogen and oxygen atoms in total. The fraction of sp³-hybridized carbons (Fsp3) is 0.444. The Balaban J connectivity index is 2.10. The minimum atomic E-state index is -0.423. The Kier molecular flexibility index (Phi) is 2.88. The lowest BCUT2D eigenvalue weighted by atomic mass is 9.93. The first kappa shape index (κ1) is 11.6. The Morgan fingerprint density at radius 3 is 2.76 bits per heavy atom. The molecule has 2 rings (SSSR count). The Hall–Kier alpha value is -1.83. The summed E-state index contributed by atoms with van der Waals surface area (Å²) in [5.41, 5.74) is 0.900. The van der Waals surface area contributed by atoms with E-state index in [1.165, 1.54) is 11.3 Å². The average Bonchev–Trinajstić information content (AvgIpc) is 2.85. The van der Waals surface area contributed by atoms with Crippen LogP contribution < -0.4 is 5.32 Å². The molecule has 1 amide bonds. The molecule has 0 aliphatic heterocycles. The lowest BCUT2D eigenvalue weighted by Gasteiger charge is -2.14. The van der Waals surface area contributed by atoms with Crippen molar-refractivity contribution < 1.29 is 4.79 Å². The molecule has 0 bridgehead atoms. The number of H-pyrrole nitrogens is 1. The normalized spacial score (nSPS) is 11.5. The van der Waals surface area contributed by atoms with Crippen molar-refractivity contribution in [2.45, 2.75) is 26.2 Å². The monoisotopic (exact) mass is 252 g/mol. The highest BCUT2D eigenvalue weighted by molar-refractivity contribution is 7.14. The van der Waals surface area contributed by atoms with Gasteiger partial charge >= 0.3 is 0 Å². The van der Waals surface area contributed by atoms with Crippen LogP contribution in [0.3, 0.4) is 0 Å². The molecule has 17 heavy (non-hydrogen) atoms. The fourth-order valence-electron chi connectivity index (χ4n) is 1.09. The van der Waals surface area contributed by atoms with Crippen molar-refractivity contribution in [2.24, 2.45) is 0 Å². The van der Waals surface area contributed by atoms with Gasteiger partial charge in [-0.2, -0.15) is 5.21 Å². The molecule has 90 valence electrons. The number of hydrogen-bond acceptors (Lipinski definition) is 6. The molecule has 8 heteroatoms. The Bertz CT molecular complexity index is 512. The predicted molar refractivity (Wildman–Crippen MR) is 62.9 cm³/mol. The Morgan fingerprint density at radius 2 is 2.24 bits per heavy atom. The highest BCUT2D eigenvalue weighted by Gasteiger charge is 2.19. The summed E-state index contributed by atoms with van der Waals surface area (Å²) in [6.45, 7) is 6.19. The van der Waals surface area contributed by atoms with Crippen LogP contribution in [0.1, 0.15) is 37.1 Å². The highest BCUT2D eigenvalue weighted by Crippen LogP contribution is 2.26. The number of thiazole rings is 1. The van der Waals surface area contributed by atoms with Crippen LogP contribution in [0, 0.1) is 0 Å². The standard InChI is InChI=1S/C9H12N6OS/c1-9(2,3)5-4-17-8(10-5)11-7(16)6-12-14-15-13-6/h4H,1-3H3,(H,10,11,16)(H,12,13,14,15). The van der Waals surface area contributed by atoms with Crippen LogP contribution in [0.15, 0.2) is 5.38 Å². The number of hydrogen-bond donors (Lipinski definition) is 2. The second kappa shape index (κ2) is 4.21. The topological polar surface area (TPSA) is 96.5 Å². The Morgan fingerprint density at radius 1 is 1.47 bits per heavy atom. The maximum absolute atomic E-state index is 11.6. The Labute approximate surface area is 102 Å². The zero-order valence-corrected chi connectivity index (χ0v) is 10.5. The number of aromatic amines is 1. The van der Waals surface area contributed by atoms with Gasteiger partial charge in [0.15, 0.2) is 5.13 Å². The molecule has 2 aromatic rings. The van der Waals surface area contributed by atoms with Crippen LogP contribution in [-0.2, 0) is 5.41 Å². The number of rotatable bonds is 2. The molecule has 0 spiro atoms. The summed E-state index contributed by atoms with van der Waals surface area (Å²) in [6, 6.07) is 0. The lowest BCUT2D eigenvalue weighted by molar-refractivity contribution is 0.101. The first-order valence-corrected chi connectivity index (χ1v) is 5.85. The lowest BCUT2D eigenvalue weighted by Crippen LogP contribution is -2.15. The van der Waals surface area contributed by atoms with Crippen LogP contribution >= 0.6 is 11.3 Å². The number of anilines is 1. The molecule has 2 N–H and O–H groups in total. The van der Waals surface area contributed by atoms with Crippen LogP contribution in [0.5, 0.6) is 0 Å². The number of carbonyl (C=O) groups is 1. The summed E-state index contributed by atoms with van der Waals surface area (Å²) in [5, 5.41) is 17.8. The van der Waals surface area contributed by atoms with Gasteiger partial charge in [0.05, 0.1) is 5.69 Å². The summed E-state index contributed by atoms with van der Waals surface area (Å²) in [5.74, 6) is -0.425. The van der Waals surface area contributed by atoms with E-state index in [0.717, 1.165) is 5.69 Å². The van der Waals surface area contributed by atoms with Crippen LogP contribution in [0.25, 0.3) is 0 Å². The number of nitrogens with zero attached hydrogens (tertiary/aromatic N) is 4. The van der Waals surface area contributed by atoms with Crippen LogP contribution in [0.4, 0.5) is 5.13 Å². The first-order valence-electron chi connectivity index (χ1n) is 4.97. The van der Waals surface area contributed by atoms with E-state index in [-0.39, 0.29) is 11.2 Å². The largest absolute Gasteiger partial charge is 0.299 e. The summed E-state index contributed by atoms with van der Waals surface area (Å²) in [7, 11) is 0. The number of tetrazole rings is 1. The molecule has 0 radical (unpaired) electrons. The van der Waals surface area contributed by atoms with E-state index in [4.69, 9.17) is 0 Å². The van der Waals surface area contributed by atoms with Crippen molar-refractivity contribution in [3.05, 3.63) is 16.9 Å². The smallest absolute Gasteiger partial charge is 0.295 e. The van der Waals surface area contributed by atoms with Crippen molar-refractivity contribution in [3.63, 3.8) is 0 Å². The van der Waals surface area contributed by atoms with Gasteiger partial charge in [0.25, 0.3) is 11.7 Å². The fourth-order valence-corrected chi connectivity index (χ4v) is 2.02. The number of aromatic nitrogens is 5. The van der Waals surface area contributed by atoms with Crippen molar-refractivity contribution in [1.29, 1.82) is 0 Å². The molecule has 0 aromatic carbocycles. The summed E-state index contributed by atoms with van der Waals surface area (Å²) >= 11 is 1.37. The maximum Gasteiger partial charge on any atom is 0.299 e.